The number of nitrogens with one attached hydrogen (secondary N) is 1. The van der Waals surface area contributed by atoms with Crippen molar-refractivity contribution in [3.05, 3.63) is 24.0 Å². The van der Waals surface area contributed by atoms with Gasteiger partial charge in [-0.2, -0.15) is 15.1 Å². The van der Waals surface area contributed by atoms with Gasteiger partial charge in [-0.25, -0.2) is 0 Å². The van der Waals surface area contributed by atoms with Gasteiger partial charge >= 0.3 is 0 Å². The number of rotatable bonds is 5. The van der Waals surface area contributed by atoms with E-state index in [1.807, 2.05) is 0 Å². The molecule has 1 N–H and O–H groups in total. The number of aromatic nitrogens is 4. The zero-order valence-electron chi connectivity index (χ0n) is 14.6. The van der Waals surface area contributed by atoms with Crippen molar-refractivity contribution in [2.24, 2.45) is 7.05 Å². The van der Waals surface area contributed by atoms with Crippen molar-refractivity contribution >= 4 is 11.9 Å². The Hall–Kier alpha value is -2.84. The lowest BCUT2D eigenvalue weighted by atomic mass is 10.1. The summed E-state index contributed by atoms with van der Waals surface area (Å²) >= 11 is 0. The minimum Gasteiger partial charge on any atom is -0.481 e. The Morgan fingerprint density at radius 2 is 1.84 bits per heavy atom. The summed E-state index contributed by atoms with van der Waals surface area (Å²) in [6.07, 6.45) is 3.37. The lowest BCUT2D eigenvalue weighted by Gasteiger charge is -2.32. The summed E-state index contributed by atoms with van der Waals surface area (Å²) in [5.41, 5.74) is 0.436. The normalized spacial score (nSPS) is 15.1. The van der Waals surface area contributed by atoms with Gasteiger partial charge in [0.15, 0.2) is 0 Å². The van der Waals surface area contributed by atoms with Gasteiger partial charge in [-0.15, -0.1) is 0 Å². The molecular formula is C16H22N6O3. The van der Waals surface area contributed by atoms with E-state index < -0.39 is 0 Å². The van der Waals surface area contributed by atoms with Gasteiger partial charge < -0.3 is 19.7 Å². The fourth-order valence-corrected chi connectivity index (χ4v) is 2.76. The Morgan fingerprint density at radius 1 is 1.20 bits per heavy atom. The highest BCUT2D eigenvalue weighted by Crippen LogP contribution is 2.23. The lowest BCUT2D eigenvalue weighted by molar-refractivity contribution is 0.0925. The second kappa shape index (κ2) is 7.37. The van der Waals surface area contributed by atoms with Crippen LogP contribution in [0.3, 0.4) is 0 Å². The number of carbonyl (C=O) groups excluding carboxylic acids is 1. The van der Waals surface area contributed by atoms with Crippen molar-refractivity contribution in [2.75, 3.05) is 32.2 Å². The molecule has 1 aliphatic heterocycles. The molecule has 0 spiro atoms. The summed E-state index contributed by atoms with van der Waals surface area (Å²) in [6, 6.07) is 3.46. The van der Waals surface area contributed by atoms with Crippen molar-refractivity contribution < 1.29 is 14.3 Å². The zero-order valence-corrected chi connectivity index (χ0v) is 14.6. The molecule has 1 amide bonds. The van der Waals surface area contributed by atoms with E-state index in [1.54, 1.807) is 44.3 Å². The van der Waals surface area contributed by atoms with E-state index in [0.29, 0.717) is 23.4 Å². The highest BCUT2D eigenvalue weighted by molar-refractivity contribution is 5.92. The first kappa shape index (κ1) is 17.0. The first-order valence-electron chi connectivity index (χ1n) is 8.11. The van der Waals surface area contributed by atoms with Gasteiger partial charge in [0.05, 0.1) is 20.3 Å². The molecule has 3 heterocycles. The van der Waals surface area contributed by atoms with Crippen LogP contribution in [0.4, 0.5) is 5.95 Å². The maximum Gasteiger partial charge on any atom is 0.271 e. The van der Waals surface area contributed by atoms with E-state index >= 15 is 0 Å². The Morgan fingerprint density at radius 3 is 2.36 bits per heavy atom. The van der Waals surface area contributed by atoms with E-state index in [0.717, 1.165) is 25.9 Å². The van der Waals surface area contributed by atoms with Crippen LogP contribution in [0.2, 0.25) is 0 Å². The predicted molar refractivity (Wildman–Crippen MR) is 91.0 cm³/mol. The fourth-order valence-electron chi connectivity index (χ4n) is 2.76. The number of amides is 1. The number of nitrogens with zero attached hydrogens (tertiary/aromatic N) is 5. The highest BCUT2D eigenvalue weighted by Gasteiger charge is 2.24. The second-order valence-corrected chi connectivity index (χ2v) is 5.86. The van der Waals surface area contributed by atoms with Gasteiger partial charge in [-0.05, 0) is 18.9 Å². The van der Waals surface area contributed by atoms with Crippen molar-refractivity contribution in [2.45, 2.75) is 18.9 Å². The molecule has 2 aromatic heterocycles. The largest absolute Gasteiger partial charge is 0.481 e. The molecule has 25 heavy (non-hydrogen) atoms. The number of carbonyl (C=O) groups is 1. The maximum atomic E-state index is 12.2. The van der Waals surface area contributed by atoms with Gasteiger partial charge in [0.2, 0.25) is 17.7 Å². The van der Waals surface area contributed by atoms with Crippen molar-refractivity contribution in [1.82, 2.24) is 25.1 Å². The molecule has 134 valence electrons. The maximum absolute atomic E-state index is 12.2. The molecule has 0 bridgehead atoms. The SMILES string of the molecule is COc1cc(OC)nc(N2CCC(NC(=O)c3ccn(C)n3)CC2)n1. The van der Waals surface area contributed by atoms with Crippen LogP contribution < -0.4 is 19.7 Å². The average Bonchev–Trinajstić information content (AvgIpc) is 3.08. The summed E-state index contributed by atoms with van der Waals surface area (Å²) in [5.74, 6) is 1.36. The third-order valence-corrected chi connectivity index (χ3v) is 4.14. The monoisotopic (exact) mass is 346 g/mol. The molecule has 3 rings (SSSR count). The van der Waals surface area contributed by atoms with Crippen LogP contribution in [0.1, 0.15) is 23.3 Å². The van der Waals surface area contributed by atoms with Gasteiger partial charge in [-0.3, -0.25) is 9.48 Å². The lowest BCUT2D eigenvalue weighted by Crippen LogP contribution is -2.45. The number of aryl methyl sites for hydroxylation is 1. The second-order valence-electron chi connectivity index (χ2n) is 5.86. The molecule has 1 saturated heterocycles. The van der Waals surface area contributed by atoms with Gasteiger partial charge in [0, 0.05) is 32.4 Å². The molecule has 0 radical (unpaired) electrons. The first-order chi connectivity index (χ1) is 12.1. The molecule has 0 saturated carbocycles. The summed E-state index contributed by atoms with van der Waals surface area (Å²) < 4.78 is 12.0. The third-order valence-electron chi connectivity index (χ3n) is 4.14. The summed E-state index contributed by atoms with van der Waals surface area (Å²) in [5, 5.41) is 7.16. The number of methoxy groups -OCH3 is 2. The van der Waals surface area contributed by atoms with Crippen LogP contribution in [0.15, 0.2) is 18.3 Å². The quantitative estimate of drug-likeness (QED) is 0.848. The number of hydrogen-bond acceptors (Lipinski definition) is 7. The average molecular weight is 346 g/mol. The van der Waals surface area contributed by atoms with Gasteiger partial charge in [0.1, 0.15) is 5.69 Å². The summed E-state index contributed by atoms with van der Waals surface area (Å²) in [7, 11) is 4.91. The van der Waals surface area contributed by atoms with E-state index in [1.165, 1.54) is 0 Å². The standard InChI is InChI=1S/C16H22N6O3/c1-21-7-6-12(20-21)15(23)17-11-4-8-22(9-5-11)16-18-13(24-2)10-14(19-16)25-3/h6-7,10-11H,4-5,8-9H2,1-3H3,(H,17,23). The Balaban J connectivity index is 1.59. The Bertz CT molecular complexity index is 717. The molecule has 1 fully saturated rings. The highest BCUT2D eigenvalue weighted by atomic mass is 16.5. The fraction of sp³-hybridized carbons (Fsp3) is 0.500. The van der Waals surface area contributed by atoms with E-state index in [9.17, 15) is 4.79 Å². The zero-order chi connectivity index (χ0) is 17.8. The Labute approximate surface area is 146 Å². The van der Waals surface area contributed by atoms with Crippen molar-refractivity contribution in [3.63, 3.8) is 0 Å². The first-order valence-corrected chi connectivity index (χ1v) is 8.11. The summed E-state index contributed by atoms with van der Waals surface area (Å²) in [6.45, 7) is 1.48. The minimum atomic E-state index is -0.140. The molecule has 9 heteroatoms. The molecule has 9 nitrogen and oxygen atoms in total. The van der Waals surface area contributed by atoms with Crippen molar-refractivity contribution in [1.29, 1.82) is 0 Å². The number of piperidine rings is 1. The number of ether oxygens (including phenoxy) is 2. The Kier molecular flexibility index (Phi) is 5.01. The smallest absolute Gasteiger partial charge is 0.271 e. The third kappa shape index (κ3) is 3.98. The van der Waals surface area contributed by atoms with Crippen LogP contribution in [-0.2, 0) is 7.05 Å². The van der Waals surface area contributed by atoms with Gasteiger partial charge in [0.25, 0.3) is 5.91 Å². The van der Waals surface area contributed by atoms with E-state index in [-0.39, 0.29) is 11.9 Å². The van der Waals surface area contributed by atoms with E-state index in [4.69, 9.17) is 9.47 Å². The molecule has 1 aliphatic rings. The topological polar surface area (TPSA) is 94.4 Å². The minimum absolute atomic E-state index is 0.109. The van der Waals surface area contributed by atoms with Crippen LogP contribution in [0.5, 0.6) is 11.8 Å². The van der Waals surface area contributed by atoms with Crippen LogP contribution >= 0.6 is 0 Å². The van der Waals surface area contributed by atoms with Crippen molar-refractivity contribution in [3.8, 4) is 11.8 Å². The van der Waals surface area contributed by atoms with Crippen LogP contribution in [-0.4, -0.2) is 59.0 Å². The number of anilines is 1. The molecular weight excluding hydrogens is 324 g/mol. The predicted octanol–water partition coefficient (Wildman–Crippen LogP) is 0.626. The molecule has 0 unspecified atom stereocenters. The molecule has 2 aromatic rings. The number of hydrogen-bond donors (Lipinski definition) is 1. The summed E-state index contributed by atoms with van der Waals surface area (Å²) in [4.78, 5) is 23.0. The molecule has 0 atom stereocenters. The van der Waals surface area contributed by atoms with E-state index in [2.05, 4.69) is 25.3 Å². The molecule has 0 aliphatic carbocycles. The van der Waals surface area contributed by atoms with Crippen LogP contribution in [0, 0.1) is 0 Å². The van der Waals surface area contributed by atoms with Gasteiger partial charge in [-0.1, -0.05) is 0 Å². The molecule has 0 aromatic carbocycles. The van der Waals surface area contributed by atoms with Crippen LogP contribution in [0.25, 0.3) is 0 Å².